The first-order chi connectivity index (χ1) is 8.56. The molecule has 18 heavy (non-hydrogen) atoms. The molecule has 1 aliphatic heterocycles. The van der Waals surface area contributed by atoms with Gasteiger partial charge in [-0.3, -0.25) is 10.3 Å². The molecule has 5 heteroatoms. The summed E-state index contributed by atoms with van der Waals surface area (Å²) < 4.78 is 0. The molecule has 1 aromatic carbocycles. The molecule has 0 atom stereocenters. The van der Waals surface area contributed by atoms with E-state index in [0.717, 1.165) is 23.4 Å². The highest BCUT2D eigenvalue weighted by Crippen LogP contribution is 2.21. The van der Waals surface area contributed by atoms with Gasteiger partial charge in [-0.05, 0) is 31.9 Å². The number of benzene rings is 1. The number of hydrogen-bond acceptors (Lipinski definition) is 3. The molecule has 0 bridgehead atoms. The third kappa shape index (κ3) is 2.80. The lowest BCUT2D eigenvalue weighted by Crippen LogP contribution is -2.40. The van der Waals surface area contributed by atoms with Crippen molar-refractivity contribution in [1.29, 1.82) is 0 Å². The molecule has 0 aliphatic carbocycles. The fourth-order valence-corrected chi connectivity index (χ4v) is 2.11. The Morgan fingerprint density at radius 3 is 2.44 bits per heavy atom. The maximum absolute atomic E-state index is 11.8. The number of hydrogen-bond donors (Lipinski definition) is 3. The molecule has 96 valence electrons. The number of nitrogens with one attached hydrogen (secondary N) is 3. The van der Waals surface area contributed by atoms with Crippen LogP contribution in [0.25, 0.3) is 0 Å². The van der Waals surface area contributed by atoms with Gasteiger partial charge in [0, 0.05) is 12.2 Å². The lowest BCUT2D eigenvalue weighted by Gasteiger charge is -2.13. The number of anilines is 1. The minimum absolute atomic E-state index is 0.266. The fraction of sp³-hybridized carbons (Fsp3) is 0.385. The number of amides is 2. The minimum atomic E-state index is -0.266. The van der Waals surface area contributed by atoms with E-state index in [9.17, 15) is 4.79 Å². The predicted molar refractivity (Wildman–Crippen MR) is 73.1 cm³/mol. The SMILES string of the molecule is Cc1cc(C)c(NC(=O)NC2=NCCN2)c(C)c1. The summed E-state index contributed by atoms with van der Waals surface area (Å²) in [6.45, 7) is 7.50. The van der Waals surface area contributed by atoms with Crippen molar-refractivity contribution in [2.75, 3.05) is 18.4 Å². The Hall–Kier alpha value is -2.04. The van der Waals surface area contributed by atoms with Gasteiger partial charge in [-0.1, -0.05) is 17.7 Å². The highest BCUT2D eigenvalue weighted by Gasteiger charge is 2.11. The first kappa shape index (κ1) is 12.4. The molecule has 1 heterocycles. The molecule has 3 N–H and O–H groups in total. The molecule has 5 nitrogen and oxygen atoms in total. The van der Waals surface area contributed by atoms with E-state index in [1.165, 1.54) is 5.56 Å². The van der Waals surface area contributed by atoms with Crippen LogP contribution in [-0.4, -0.2) is 25.1 Å². The van der Waals surface area contributed by atoms with Crippen LogP contribution in [0.15, 0.2) is 17.1 Å². The van der Waals surface area contributed by atoms with Crippen LogP contribution >= 0.6 is 0 Å². The Labute approximate surface area is 107 Å². The molecule has 1 aromatic rings. The highest BCUT2D eigenvalue weighted by atomic mass is 16.2. The van der Waals surface area contributed by atoms with Crippen LogP contribution < -0.4 is 16.0 Å². The molecule has 0 fully saturated rings. The second-order valence-electron chi connectivity index (χ2n) is 4.51. The van der Waals surface area contributed by atoms with Crippen molar-refractivity contribution in [3.05, 3.63) is 28.8 Å². The molecular formula is C13H18N4O. The Morgan fingerprint density at radius 2 is 1.89 bits per heavy atom. The van der Waals surface area contributed by atoms with Crippen molar-refractivity contribution >= 4 is 17.7 Å². The number of carbonyl (C=O) groups is 1. The third-order valence-electron chi connectivity index (χ3n) is 2.82. The van der Waals surface area contributed by atoms with Crippen LogP contribution in [0.4, 0.5) is 10.5 Å². The van der Waals surface area contributed by atoms with Gasteiger partial charge in [-0.2, -0.15) is 0 Å². The van der Waals surface area contributed by atoms with Gasteiger partial charge in [-0.15, -0.1) is 0 Å². The number of guanidine groups is 1. The zero-order chi connectivity index (χ0) is 13.1. The van der Waals surface area contributed by atoms with E-state index >= 15 is 0 Å². The number of rotatable bonds is 1. The molecule has 0 spiro atoms. The highest BCUT2D eigenvalue weighted by molar-refractivity contribution is 6.03. The Bertz CT molecular complexity index is 485. The van der Waals surface area contributed by atoms with Gasteiger partial charge in [0.1, 0.15) is 0 Å². The summed E-state index contributed by atoms with van der Waals surface area (Å²) in [6, 6.07) is 3.83. The zero-order valence-electron chi connectivity index (χ0n) is 10.9. The van der Waals surface area contributed by atoms with E-state index in [1.54, 1.807) is 0 Å². The molecule has 0 saturated carbocycles. The van der Waals surface area contributed by atoms with Crippen LogP contribution in [0, 0.1) is 20.8 Å². The van der Waals surface area contributed by atoms with Gasteiger partial charge in [0.05, 0.1) is 6.54 Å². The van der Waals surface area contributed by atoms with E-state index in [1.807, 2.05) is 32.9 Å². The predicted octanol–water partition coefficient (Wildman–Crippen LogP) is 1.69. The minimum Gasteiger partial charge on any atom is -0.354 e. The van der Waals surface area contributed by atoms with Gasteiger partial charge >= 0.3 is 6.03 Å². The molecule has 0 unspecified atom stereocenters. The lowest BCUT2D eigenvalue weighted by molar-refractivity contribution is 0.256. The average molecular weight is 246 g/mol. The lowest BCUT2D eigenvalue weighted by atomic mass is 10.1. The summed E-state index contributed by atoms with van der Waals surface area (Å²) in [7, 11) is 0. The van der Waals surface area contributed by atoms with E-state index in [-0.39, 0.29) is 6.03 Å². The van der Waals surface area contributed by atoms with Gasteiger partial charge in [0.15, 0.2) is 5.96 Å². The van der Waals surface area contributed by atoms with Crippen molar-refractivity contribution in [1.82, 2.24) is 10.6 Å². The van der Waals surface area contributed by atoms with Crippen molar-refractivity contribution < 1.29 is 4.79 Å². The van der Waals surface area contributed by atoms with Crippen LogP contribution in [0.5, 0.6) is 0 Å². The van der Waals surface area contributed by atoms with Crippen LogP contribution in [-0.2, 0) is 0 Å². The van der Waals surface area contributed by atoms with E-state index < -0.39 is 0 Å². The number of urea groups is 1. The standard InChI is InChI=1S/C13H18N4O/c1-8-6-9(2)11(10(3)7-8)16-13(18)17-12-14-4-5-15-12/h6-7H,4-5H2,1-3H3,(H3,14,15,16,17,18). The zero-order valence-corrected chi connectivity index (χ0v) is 10.9. The average Bonchev–Trinajstić information content (AvgIpc) is 2.76. The van der Waals surface area contributed by atoms with Crippen molar-refractivity contribution in [3.8, 4) is 0 Å². The third-order valence-corrected chi connectivity index (χ3v) is 2.82. The topological polar surface area (TPSA) is 65.5 Å². The van der Waals surface area contributed by atoms with Crippen molar-refractivity contribution in [3.63, 3.8) is 0 Å². The van der Waals surface area contributed by atoms with E-state index in [0.29, 0.717) is 12.5 Å². The van der Waals surface area contributed by atoms with Gasteiger partial charge in [0.2, 0.25) is 0 Å². The second-order valence-corrected chi connectivity index (χ2v) is 4.51. The van der Waals surface area contributed by atoms with Crippen LogP contribution in [0.1, 0.15) is 16.7 Å². The number of aliphatic imine (C=N–C) groups is 1. The van der Waals surface area contributed by atoms with Crippen LogP contribution in [0.3, 0.4) is 0 Å². The summed E-state index contributed by atoms with van der Waals surface area (Å²) in [5.74, 6) is 0.537. The summed E-state index contributed by atoms with van der Waals surface area (Å²) in [5.41, 5.74) is 4.17. The van der Waals surface area contributed by atoms with Gasteiger partial charge in [-0.25, -0.2) is 4.79 Å². The summed E-state index contributed by atoms with van der Waals surface area (Å²) >= 11 is 0. The molecule has 0 radical (unpaired) electrons. The van der Waals surface area contributed by atoms with E-state index in [4.69, 9.17) is 0 Å². The molecule has 0 aromatic heterocycles. The largest absolute Gasteiger partial charge is 0.354 e. The number of nitrogens with zero attached hydrogens (tertiary/aromatic N) is 1. The molecule has 1 aliphatic rings. The monoisotopic (exact) mass is 246 g/mol. The number of carbonyl (C=O) groups excluding carboxylic acids is 1. The van der Waals surface area contributed by atoms with Gasteiger partial charge in [0.25, 0.3) is 0 Å². The molecule has 2 amide bonds. The maximum Gasteiger partial charge on any atom is 0.326 e. The smallest absolute Gasteiger partial charge is 0.326 e. The summed E-state index contributed by atoms with van der Waals surface area (Å²) in [4.78, 5) is 15.9. The number of aryl methyl sites for hydroxylation is 3. The first-order valence-corrected chi connectivity index (χ1v) is 6.00. The second kappa shape index (κ2) is 5.08. The summed E-state index contributed by atoms with van der Waals surface area (Å²) in [6.07, 6.45) is 0. The Kier molecular flexibility index (Phi) is 3.50. The van der Waals surface area contributed by atoms with Crippen molar-refractivity contribution in [2.24, 2.45) is 4.99 Å². The molecule has 0 saturated heterocycles. The fourth-order valence-electron chi connectivity index (χ4n) is 2.11. The Morgan fingerprint density at radius 1 is 1.22 bits per heavy atom. The molecule has 2 rings (SSSR count). The quantitative estimate of drug-likeness (QED) is 0.706. The van der Waals surface area contributed by atoms with Gasteiger partial charge < -0.3 is 10.6 Å². The van der Waals surface area contributed by atoms with Crippen LogP contribution in [0.2, 0.25) is 0 Å². The first-order valence-electron chi connectivity index (χ1n) is 6.00. The normalized spacial score (nSPS) is 13.8. The van der Waals surface area contributed by atoms with Crippen molar-refractivity contribution in [2.45, 2.75) is 20.8 Å². The molecular weight excluding hydrogens is 228 g/mol. The Balaban J connectivity index is 2.07. The maximum atomic E-state index is 11.8. The van der Waals surface area contributed by atoms with E-state index in [2.05, 4.69) is 20.9 Å². The summed E-state index contributed by atoms with van der Waals surface area (Å²) in [5, 5.41) is 8.54.